The van der Waals surface area contributed by atoms with Crippen molar-refractivity contribution in [2.75, 3.05) is 0 Å². The largest absolute Gasteiger partial charge is 0.424 e. The molecule has 142 valence electrons. The normalized spacial score (nSPS) is 18.4. The number of carbonyl (C=O) groups is 2. The molecule has 2 N–H and O–H groups in total. The van der Waals surface area contributed by atoms with E-state index in [-0.39, 0.29) is 17.9 Å². The van der Waals surface area contributed by atoms with E-state index in [1.54, 1.807) is 24.4 Å². The third-order valence-corrected chi connectivity index (χ3v) is 5.93. The predicted octanol–water partition coefficient (Wildman–Crippen LogP) is 4.86. The predicted molar refractivity (Wildman–Crippen MR) is 112 cm³/mol. The number of hydrogen-bond donors (Lipinski definition) is 2. The molecule has 0 unspecified atom stereocenters. The monoisotopic (exact) mass is 458 g/mol. The molecule has 0 aliphatic heterocycles. The minimum Gasteiger partial charge on any atom is -0.424 e. The van der Waals surface area contributed by atoms with Gasteiger partial charge in [0.05, 0.1) is 21.8 Å². The number of rotatable bonds is 4. The van der Waals surface area contributed by atoms with Crippen molar-refractivity contribution in [3.63, 3.8) is 0 Å². The number of amides is 1. The lowest BCUT2D eigenvalue weighted by Crippen LogP contribution is -2.33. The Morgan fingerprint density at radius 3 is 2.71 bits per heavy atom. The Kier molecular flexibility index (Phi) is 5.24. The number of aromatic amines is 1. The van der Waals surface area contributed by atoms with Gasteiger partial charge in [0.2, 0.25) is 0 Å². The van der Waals surface area contributed by atoms with Crippen LogP contribution in [-0.2, 0) is 4.79 Å². The van der Waals surface area contributed by atoms with Gasteiger partial charge in [0.1, 0.15) is 0 Å². The topological polar surface area (TPSA) is 71.2 Å². The minimum absolute atomic E-state index is 0.169. The number of nitrogens with one attached hydrogen (secondary N) is 2. The standard InChI is InChI=1S/C21H16BrClN2O3/c22-15-8-9-16-18(19(15)23)17(11-24-16)28-21(27)13-6-7-14(10-13)25-20(26)12-4-2-1-3-5-12/h1-9,11,13-14,24H,10H2,(H,25,26)/t13-,14+/m0/s1. The zero-order valence-corrected chi connectivity index (χ0v) is 17.0. The van der Waals surface area contributed by atoms with Crippen LogP contribution >= 0.6 is 27.5 Å². The number of fused-ring (bicyclic) bond motifs is 1. The summed E-state index contributed by atoms with van der Waals surface area (Å²) in [6, 6.07) is 12.4. The van der Waals surface area contributed by atoms with Gasteiger partial charge in [-0.25, -0.2) is 0 Å². The van der Waals surface area contributed by atoms with Crippen LogP contribution in [0.3, 0.4) is 0 Å². The van der Waals surface area contributed by atoms with Crippen molar-refractivity contribution in [2.24, 2.45) is 5.92 Å². The number of esters is 1. The molecule has 2 atom stereocenters. The van der Waals surface area contributed by atoms with E-state index >= 15 is 0 Å². The molecule has 0 saturated carbocycles. The molecule has 3 aromatic rings. The van der Waals surface area contributed by atoms with E-state index in [1.165, 1.54) is 0 Å². The van der Waals surface area contributed by atoms with Crippen LogP contribution in [0, 0.1) is 5.92 Å². The van der Waals surface area contributed by atoms with Gasteiger partial charge in [-0.15, -0.1) is 0 Å². The van der Waals surface area contributed by atoms with Crippen molar-refractivity contribution < 1.29 is 14.3 Å². The molecule has 5 nitrogen and oxygen atoms in total. The number of ether oxygens (including phenoxy) is 1. The second-order valence-corrected chi connectivity index (χ2v) is 7.76. The first-order valence-electron chi connectivity index (χ1n) is 8.74. The molecule has 0 bridgehead atoms. The third-order valence-electron chi connectivity index (χ3n) is 4.65. The number of H-pyrrole nitrogens is 1. The molecule has 1 aliphatic carbocycles. The van der Waals surface area contributed by atoms with Crippen molar-refractivity contribution in [1.29, 1.82) is 0 Å². The van der Waals surface area contributed by atoms with Gasteiger partial charge in [-0.2, -0.15) is 0 Å². The van der Waals surface area contributed by atoms with Crippen LogP contribution < -0.4 is 10.1 Å². The third kappa shape index (κ3) is 3.70. The summed E-state index contributed by atoms with van der Waals surface area (Å²) in [6.07, 6.45) is 5.67. The molecule has 1 amide bonds. The maximum atomic E-state index is 12.6. The van der Waals surface area contributed by atoms with Crippen molar-refractivity contribution in [3.05, 3.63) is 75.9 Å². The Balaban J connectivity index is 1.41. The van der Waals surface area contributed by atoms with Crippen LogP contribution in [0.5, 0.6) is 5.75 Å². The number of aromatic nitrogens is 1. The second-order valence-electron chi connectivity index (χ2n) is 6.53. The molecule has 0 saturated heterocycles. The lowest BCUT2D eigenvalue weighted by Gasteiger charge is -2.13. The Labute approximate surface area is 174 Å². The first kappa shape index (κ1) is 18.8. The van der Waals surface area contributed by atoms with Crippen molar-refractivity contribution in [2.45, 2.75) is 12.5 Å². The van der Waals surface area contributed by atoms with Crippen LogP contribution in [0.1, 0.15) is 16.8 Å². The highest BCUT2D eigenvalue weighted by Gasteiger charge is 2.28. The van der Waals surface area contributed by atoms with E-state index in [1.807, 2.05) is 36.4 Å². The molecule has 0 fully saturated rings. The average Bonchev–Trinajstić information content (AvgIpc) is 3.33. The van der Waals surface area contributed by atoms with Crippen molar-refractivity contribution in [1.82, 2.24) is 10.3 Å². The molecule has 1 aliphatic rings. The van der Waals surface area contributed by atoms with Gasteiger partial charge in [0.15, 0.2) is 5.75 Å². The summed E-state index contributed by atoms with van der Waals surface area (Å²) in [5.41, 5.74) is 1.37. The number of carbonyl (C=O) groups excluding carboxylic acids is 2. The van der Waals surface area contributed by atoms with Crippen molar-refractivity contribution in [3.8, 4) is 5.75 Å². The number of hydrogen-bond acceptors (Lipinski definition) is 3. The molecular formula is C21H16BrClN2O3. The number of benzene rings is 2. The van der Waals surface area contributed by atoms with Crippen LogP contribution in [0.4, 0.5) is 0 Å². The zero-order valence-electron chi connectivity index (χ0n) is 14.6. The quantitative estimate of drug-likeness (QED) is 0.432. The maximum absolute atomic E-state index is 12.6. The van der Waals surface area contributed by atoms with E-state index in [9.17, 15) is 9.59 Å². The van der Waals surface area contributed by atoms with Gasteiger partial charge < -0.3 is 15.0 Å². The molecular weight excluding hydrogens is 444 g/mol. The SMILES string of the molecule is O=C(N[C@@H]1C=C[C@H](C(=O)Oc2c[nH]c3ccc(Br)c(Cl)c23)C1)c1ccccc1. The lowest BCUT2D eigenvalue weighted by atomic mass is 10.1. The highest BCUT2D eigenvalue weighted by molar-refractivity contribution is 9.10. The summed E-state index contributed by atoms with van der Waals surface area (Å²) in [4.78, 5) is 27.9. The van der Waals surface area contributed by atoms with E-state index in [0.29, 0.717) is 28.1 Å². The first-order valence-corrected chi connectivity index (χ1v) is 9.91. The summed E-state index contributed by atoms with van der Waals surface area (Å²) in [7, 11) is 0. The smallest absolute Gasteiger partial charge is 0.318 e. The van der Waals surface area contributed by atoms with Gasteiger partial charge in [-0.1, -0.05) is 42.0 Å². The van der Waals surface area contributed by atoms with E-state index in [2.05, 4.69) is 26.2 Å². The Bertz CT molecular complexity index is 1080. The van der Waals surface area contributed by atoms with Gasteiger partial charge in [-0.05, 0) is 46.6 Å². The van der Waals surface area contributed by atoms with Gasteiger partial charge >= 0.3 is 5.97 Å². The Hall–Kier alpha value is -2.57. The first-order chi connectivity index (χ1) is 13.5. The summed E-state index contributed by atoms with van der Waals surface area (Å²) < 4.78 is 6.31. The fraction of sp³-hybridized carbons (Fsp3) is 0.143. The summed E-state index contributed by atoms with van der Waals surface area (Å²) in [5, 5.41) is 4.05. The molecule has 4 rings (SSSR count). The fourth-order valence-corrected chi connectivity index (χ4v) is 3.80. The van der Waals surface area contributed by atoms with Gasteiger partial charge in [-0.3, -0.25) is 9.59 Å². The van der Waals surface area contributed by atoms with E-state index in [0.717, 1.165) is 9.99 Å². The molecule has 0 spiro atoms. The maximum Gasteiger partial charge on any atom is 0.318 e. The molecule has 7 heteroatoms. The lowest BCUT2D eigenvalue weighted by molar-refractivity contribution is -0.137. The highest BCUT2D eigenvalue weighted by atomic mass is 79.9. The Morgan fingerprint density at radius 1 is 1.14 bits per heavy atom. The Morgan fingerprint density at radius 2 is 1.93 bits per heavy atom. The summed E-state index contributed by atoms with van der Waals surface area (Å²) in [6.45, 7) is 0. The second kappa shape index (κ2) is 7.81. The summed E-state index contributed by atoms with van der Waals surface area (Å²) in [5.74, 6) is -0.601. The van der Waals surface area contributed by atoms with Crippen molar-refractivity contribution >= 4 is 50.3 Å². The van der Waals surface area contributed by atoms with Crippen LogP contribution in [-0.4, -0.2) is 22.9 Å². The van der Waals surface area contributed by atoms with E-state index < -0.39 is 5.92 Å². The zero-order chi connectivity index (χ0) is 19.7. The van der Waals surface area contributed by atoms with E-state index in [4.69, 9.17) is 16.3 Å². The highest BCUT2D eigenvalue weighted by Crippen LogP contribution is 2.37. The molecule has 1 heterocycles. The number of halogens is 2. The fourth-order valence-electron chi connectivity index (χ4n) is 3.21. The van der Waals surface area contributed by atoms with Gasteiger partial charge in [0.25, 0.3) is 5.91 Å². The molecule has 28 heavy (non-hydrogen) atoms. The minimum atomic E-state index is -0.433. The summed E-state index contributed by atoms with van der Waals surface area (Å²) >= 11 is 9.71. The van der Waals surface area contributed by atoms with Crippen LogP contribution in [0.25, 0.3) is 10.9 Å². The van der Waals surface area contributed by atoms with Crippen LogP contribution in [0.2, 0.25) is 5.02 Å². The van der Waals surface area contributed by atoms with Crippen LogP contribution in [0.15, 0.2) is 65.3 Å². The molecule has 0 radical (unpaired) electrons. The molecule has 2 aromatic carbocycles. The van der Waals surface area contributed by atoms with Gasteiger partial charge in [0, 0.05) is 22.3 Å². The molecule has 1 aromatic heterocycles. The average molecular weight is 460 g/mol.